The minimum atomic E-state index is -3.76. The number of ether oxygens (including phenoxy) is 1. The lowest BCUT2D eigenvalue weighted by atomic mass is 10.4. The minimum Gasteiger partial charge on any atom is -0.380 e. The van der Waals surface area contributed by atoms with Crippen LogP contribution in [0.25, 0.3) is 5.65 Å². The van der Waals surface area contributed by atoms with Gasteiger partial charge in [0.25, 0.3) is 10.0 Å². The molecule has 2 aromatic heterocycles. The van der Waals surface area contributed by atoms with Gasteiger partial charge in [-0.3, -0.25) is 4.40 Å². The van der Waals surface area contributed by atoms with Crippen molar-refractivity contribution in [2.24, 2.45) is 5.84 Å². The molecule has 0 aliphatic carbocycles. The van der Waals surface area contributed by atoms with Crippen LogP contribution >= 0.6 is 0 Å². The van der Waals surface area contributed by atoms with Crippen molar-refractivity contribution in [1.82, 2.24) is 14.1 Å². The molecule has 8 nitrogen and oxygen atoms in total. The second-order valence-corrected chi connectivity index (χ2v) is 5.92. The average molecular weight is 299 g/mol. The average Bonchev–Trinajstić information content (AvgIpc) is 2.84. The maximum atomic E-state index is 12.4. The molecule has 2 heterocycles. The zero-order chi connectivity index (χ0) is 14.8. The van der Waals surface area contributed by atoms with Gasteiger partial charge in [-0.05, 0) is 19.1 Å². The molecule has 110 valence electrons. The van der Waals surface area contributed by atoms with E-state index >= 15 is 0 Å². The van der Waals surface area contributed by atoms with Gasteiger partial charge in [0.1, 0.15) is 5.65 Å². The molecule has 2 rings (SSSR count). The summed E-state index contributed by atoms with van der Waals surface area (Å²) < 4.78 is 33.7. The fourth-order valence-corrected chi connectivity index (χ4v) is 3.07. The SMILES string of the molecule is COC(C)CNS(=O)(=O)c1c(NN)nc2ccccn12. The number of pyridine rings is 1. The first kappa shape index (κ1) is 14.7. The summed E-state index contributed by atoms with van der Waals surface area (Å²) >= 11 is 0. The Morgan fingerprint density at radius 2 is 2.25 bits per heavy atom. The number of aromatic nitrogens is 2. The molecule has 9 heteroatoms. The fraction of sp³-hybridized carbons (Fsp3) is 0.364. The number of nitrogens with one attached hydrogen (secondary N) is 2. The van der Waals surface area contributed by atoms with Crippen molar-refractivity contribution in [2.45, 2.75) is 18.1 Å². The number of hydrogen-bond donors (Lipinski definition) is 3. The smallest absolute Gasteiger partial charge is 0.260 e. The van der Waals surface area contributed by atoms with Gasteiger partial charge in [0, 0.05) is 19.9 Å². The molecule has 0 spiro atoms. The molecule has 1 atom stereocenters. The molecule has 0 radical (unpaired) electrons. The van der Waals surface area contributed by atoms with Gasteiger partial charge in [0.2, 0.25) is 0 Å². The Morgan fingerprint density at radius 3 is 2.90 bits per heavy atom. The number of nitrogen functional groups attached to an aromatic ring is 1. The highest BCUT2D eigenvalue weighted by Gasteiger charge is 2.25. The van der Waals surface area contributed by atoms with Gasteiger partial charge < -0.3 is 10.2 Å². The van der Waals surface area contributed by atoms with Crippen LogP contribution in [0.3, 0.4) is 0 Å². The molecule has 1 unspecified atom stereocenters. The summed E-state index contributed by atoms with van der Waals surface area (Å²) in [5.41, 5.74) is 2.80. The number of anilines is 1. The largest absolute Gasteiger partial charge is 0.380 e. The number of hydrogen-bond acceptors (Lipinski definition) is 6. The zero-order valence-electron chi connectivity index (χ0n) is 11.2. The molecule has 0 bridgehead atoms. The highest BCUT2D eigenvalue weighted by atomic mass is 32.2. The van der Waals surface area contributed by atoms with E-state index in [0.717, 1.165) is 0 Å². The first-order valence-electron chi connectivity index (χ1n) is 5.95. The number of hydrazine groups is 1. The van der Waals surface area contributed by atoms with E-state index in [1.54, 1.807) is 31.3 Å². The topological polar surface area (TPSA) is 111 Å². The van der Waals surface area contributed by atoms with Gasteiger partial charge in [-0.1, -0.05) is 6.07 Å². The first-order valence-corrected chi connectivity index (χ1v) is 7.44. The van der Waals surface area contributed by atoms with Crippen LogP contribution < -0.4 is 16.0 Å². The monoisotopic (exact) mass is 299 g/mol. The van der Waals surface area contributed by atoms with Crippen LogP contribution in [-0.4, -0.2) is 37.6 Å². The van der Waals surface area contributed by atoms with E-state index in [1.165, 1.54) is 11.5 Å². The predicted octanol–water partition coefficient (Wildman–Crippen LogP) is -0.0669. The Kier molecular flexibility index (Phi) is 4.23. The normalized spacial score (nSPS) is 13.6. The summed E-state index contributed by atoms with van der Waals surface area (Å²) in [6, 6.07) is 5.17. The summed E-state index contributed by atoms with van der Waals surface area (Å²) in [6.07, 6.45) is 1.37. The quantitative estimate of drug-likeness (QED) is 0.509. The molecule has 0 fully saturated rings. The van der Waals surface area contributed by atoms with Gasteiger partial charge in [0.15, 0.2) is 10.8 Å². The Labute approximate surface area is 117 Å². The van der Waals surface area contributed by atoms with Crippen LogP contribution in [0.4, 0.5) is 5.82 Å². The van der Waals surface area contributed by atoms with E-state index in [-0.39, 0.29) is 23.5 Å². The Balaban J connectivity index is 2.45. The number of nitrogens with two attached hydrogens (primary N) is 1. The first-order chi connectivity index (χ1) is 9.49. The Bertz CT molecular complexity index is 697. The minimum absolute atomic E-state index is 0.0288. The molecule has 2 aromatic rings. The molecule has 4 N–H and O–H groups in total. The molecule has 0 amide bonds. The third-order valence-corrected chi connectivity index (χ3v) is 4.29. The van der Waals surface area contributed by atoms with Gasteiger partial charge in [0.05, 0.1) is 6.10 Å². The third kappa shape index (κ3) is 2.75. The van der Waals surface area contributed by atoms with Gasteiger partial charge in [-0.15, -0.1) is 0 Å². The van der Waals surface area contributed by atoms with Crippen molar-refractivity contribution in [1.29, 1.82) is 0 Å². The predicted molar refractivity (Wildman–Crippen MR) is 74.7 cm³/mol. The van der Waals surface area contributed by atoms with E-state index in [4.69, 9.17) is 10.6 Å². The summed E-state index contributed by atoms with van der Waals surface area (Å²) in [4.78, 5) is 4.12. The molecular formula is C11H17N5O3S. The van der Waals surface area contributed by atoms with E-state index in [0.29, 0.717) is 5.65 Å². The molecule has 0 saturated heterocycles. The number of fused-ring (bicyclic) bond motifs is 1. The van der Waals surface area contributed by atoms with Crippen LogP contribution in [0.1, 0.15) is 6.92 Å². The van der Waals surface area contributed by atoms with E-state index in [1.807, 2.05) is 0 Å². The number of rotatable bonds is 6. The summed E-state index contributed by atoms with van der Waals surface area (Å²) in [5.74, 6) is 5.44. The maximum absolute atomic E-state index is 12.4. The van der Waals surface area contributed by atoms with Crippen molar-refractivity contribution in [2.75, 3.05) is 19.1 Å². The lowest BCUT2D eigenvalue weighted by Gasteiger charge is -2.12. The highest BCUT2D eigenvalue weighted by Crippen LogP contribution is 2.21. The van der Waals surface area contributed by atoms with E-state index in [2.05, 4.69) is 15.1 Å². The van der Waals surface area contributed by atoms with Crippen LogP contribution in [0.2, 0.25) is 0 Å². The molecule has 0 aliphatic rings. The lowest BCUT2D eigenvalue weighted by Crippen LogP contribution is -2.33. The summed E-state index contributed by atoms with van der Waals surface area (Å²) in [6.45, 7) is 1.92. The van der Waals surface area contributed by atoms with E-state index < -0.39 is 10.0 Å². The maximum Gasteiger partial charge on any atom is 0.260 e. The molecule has 0 saturated carbocycles. The second kappa shape index (κ2) is 5.75. The van der Waals surface area contributed by atoms with Crippen LogP contribution in [0.15, 0.2) is 29.4 Å². The standard InChI is InChI=1S/C11H17N5O3S/c1-8(19-2)7-13-20(17,18)11-10(15-12)14-9-5-3-4-6-16(9)11/h3-6,8,13,15H,7,12H2,1-2H3. The van der Waals surface area contributed by atoms with Crippen molar-refractivity contribution >= 4 is 21.5 Å². The zero-order valence-corrected chi connectivity index (χ0v) is 12.0. The van der Waals surface area contributed by atoms with Crippen LogP contribution in [-0.2, 0) is 14.8 Å². The van der Waals surface area contributed by atoms with Crippen molar-refractivity contribution in [3.05, 3.63) is 24.4 Å². The van der Waals surface area contributed by atoms with Crippen LogP contribution in [0.5, 0.6) is 0 Å². The number of nitrogens with zero attached hydrogens (tertiary/aromatic N) is 2. The van der Waals surface area contributed by atoms with Gasteiger partial charge >= 0.3 is 0 Å². The van der Waals surface area contributed by atoms with E-state index in [9.17, 15) is 8.42 Å². The number of imidazole rings is 1. The summed E-state index contributed by atoms with van der Waals surface area (Å²) in [7, 11) is -2.25. The lowest BCUT2D eigenvalue weighted by molar-refractivity contribution is 0.122. The molecule has 0 aliphatic heterocycles. The van der Waals surface area contributed by atoms with Crippen molar-refractivity contribution < 1.29 is 13.2 Å². The molecule has 20 heavy (non-hydrogen) atoms. The van der Waals surface area contributed by atoms with Gasteiger partial charge in [-0.2, -0.15) is 0 Å². The highest BCUT2D eigenvalue weighted by molar-refractivity contribution is 7.89. The second-order valence-electron chi connectivity index (χ2n) is 4.24. The molecule has 0 aromatic carbocycles. The fourth-order valence-electron chi connectivity index (χ4n) is 1.70. The Morgan fingerprint density at radius 1 is 1.50 bits per heavy atom. The number of sulfonamides is 1. The van der Waals surface area contributed by atoms with Gasteiger partial charge in [-0.25, -0.2) is 24.0 Å². The molecular weight excluding hydrogens is 282 g/mol. The van der Waals surface area contributed by atoms with Crippen LogP contribution in [0, 0.1) is 0 Å². The van der Waals surface area contributed by atoms with Crippen molar-refractivity contribution in [3.63, 3.8) is 0 Å². The third-order valence-electron chi connectivity index (χ3n) is 2.84. The summed E-state index contributed by atoms with van der Waals surface area (Å²) in [5, 5.41) is -0.0288. The Hall–Kier alpha value is -1.68. The number of methoxy groups -OCH3 is 1. The van der Waals surface area contributed by atoms with Crippen molar-refractivity contribution in [3.8, 4) is 0 Å².